The van der Waals surface area contributed by atoms with Crippen LogP contribution in [0.3, 0.4) is 0 Å². The third kappa shape index (κ3) is 4.39. The fourth-order valence-electron chi connectivity index (χ4n) is 3.60. The summed E-state index contributed by atoms with van der Waals surface area (Å²) in [6.45, 7) is 1.82. The van der Waals surface area contributed by atoms with Gasteiger partial charge in [-0.15, -0.1) is 0 Å². The van der Waals surface area contributed by atoms with Crippen LogP contribution in [0.4, 0.5) is 0 Å². The van der Waals surface area contributed by atoms with Crippen molar-refractivity contribution in [3.63, 3.8) is 0 Å². The molecule has 31 heavy (non-hydrogen) atoms. The molecule has 0 saturated carbocycles. The minimum absolute atomic E-state index is 0.158. The summed E-state index contributed by atoms with van der Waals surface area (Å²) >= 11 is 0. The quantitative estimate of drug-likeness (QED) is 0.550. The first-order valence-electron chi connectivity index (χ1n) is 9.93. The molecule has 0 bridgehead atoms. The van der Waals surface area contributed by atoms with Crippen LogP contribution in [-0.4, -0.2) is 47.1 Å². The molecular formula is C23H22N4O4. The lowest BCUT2D eigenvalue weighted by Crippen LogP contribution is -2.73. The number of nitrogens with zero attached hydrogens (tertiary/aromatic N) is 2. The van der Waals surface area contributed by atoms with Gasteiger partial charge in [0.25, 0.3) is 11.8 Å². The van der Waals surface area contributed by atoms with Gasteiger partial charge in [-0.3, -0.25) is 19.2 Å². The fourth-order valence-corrected chi connectivity index (χ4v) is 3.60. The SMILES string of the molecule is CC1=CC=NN2C(=O)[C@H](NC(=O)Cc3ccccc3)[C@@H]2[C@H]1ONC(=O)c1ccccc1. The topological polar surface area (TPSA) is 100 Å². The van der Waals surface area contributed by atoms with Gasteiger partial charge in [-0.2, -0.15) is 5.10 Å². The average Bonchev–Trinajstić information content (AvgIpc) is 2.93. The van der Waals surface area contributed by atoms with Gasteiger partial charge in [0.05, 0.1) is 6.42 Å². The summed E-state index contributed by atoms with van der Waals surface area (Å²) in [6.07, 6.45) is 2.71. The normalized spacial score (nSPS) is 22.0. The fraction of sp³-hybridized carbons (Fsp3) is 0.217. The minimum atomic E-state index is -0.798. The first-order chi connectivity index (χ1) is 15.0. The predicted molar refractivity (Wildman–Crippen MR) is 114 cm³/mol. The van der Waals surface area contributed by atoms with Crippen LogP contribution in [0, 0.1) is 0 Å². The van der Waals surface area contributed by atoms with Gasteiger partial charge in [-0.25, -0.2) is 10.5 Å². The van der Waals surface area contributed by atoms with Crippen molar-refractivity contribution in [3.05, 3.63) is 83.4 Å². The lowest BCUT2D eigenvalue weighted by atomic mass is 9.88. The molecule has 2 aromatic rings. The summed E-state index contributed by atoms with van der Waals surface area (Å²) in [5.74, 6) is -1.000. The number of hydrogen-bond acceptors (Lipinski definition) is 5. The number of hydrazone groups is 1. The van der Waals surface area contributed by atoms with E-state index in [4.69, 9.17) is 4.84 Å². The average molecular weight is 418 g/mol. The zero-order valence-electron chi connectivity index (χ0n) is 16.9. The Morgan fingerprint density at radius 1 is 1.06 bits per heavy atom. The number of carbonyl (C=O) groups excluding carboxylic acids is 3. The number of nitrogens with one attached hydrogen (secondary N) is 2. The predicted octanol–water partition coefficient (Wildman–Crippen LogP) is 1.60. The zero-order valence-corrected chi connectivity index (χ0v) is 16.9. The van der Waals surface area contributed by atoms with Crippen LogP contribution in [0.1, 0.15) is 22.8 Å². The number of hydrogen-bond donors (Lipinski definition) is 2. The molecule has 8 nitrogen and oxygen atoms in total. The van der Waals surface area contributed by atoms with E-state index < -0.39 is 24.1 Å². The van der Waals surface area contributed by atoms with Gasteiger partial charge in [0.2, 0.25) is 5.91 Å². The number of amides is 3. The van der Waals surface area contributed by atoms with Gasteiger partial charge in [0.1, 0.15) is 18.2 Å². The Hall–Kier alpha value is -3.78. The molecule has 2 aromatic carbocycles. The largest absolute Gasteiger partial charge is 0.342 e. The molecule has 0 radical (unpaired) electrons. The van der Waals surface area contributed by atoms with Crippen LogP contribution in [0.25, 0.3) is 0 Å². The molecule has 2 N–H and O–H groups in total. The van der Waals surface area contributed by atoms with Crippen molar-refractivity contribution < 1.29 is 19.2 Å². The van der Waals surface area contributed by atoms with Gasteiger partial charge >= 0.3 is 0 Å². The highest BCUT2D eigenvalue weighted by Gasteiger charge is 2.54. The number of hydroxylamine groups is 1. The van der Waals surface area contributed by atoms with Crippen molar-refractivity contribution in [1.82, 2.24) is 15.8 Å². The maximum atomic E-state index is 12.6. The molecule has 1 saturated heterocycles. The summed E-state index contributed by atoms with van der Waals surface area (Å²) < 4.78 is 0. The zero-order chi connectivity index (χ0) is 21.8. The van der Waals surface area contributed by atoms with E-state index in [-0.39, 0.29) is 18.2 Å². The molecule has 3 atom stereocenters. The highest BCUT2D eigenvalue weighted by molar-refractivity contribution is 5.95. The van der Waals surface area contributed by atoms with E-state index in [0.29, 0.717) is 5.56 Å². The molecular weight excluding hydrogens is 396 g/mol. The van der Waals surface area contributed by atoms with Crippen molar-refractivity contribution in [2.24, 2.45) is 5.10 Å². The molecule has 0 spiro atoms. The van der Waals surface area contributed by atoms with Crippen LogP contribution in [0.5, 0.6) is 0 Å². The molecule has 2 heterocycles. The Morgan fingerprint density at radius 3 is 2.45 bits per heavy atom. The van der Waals surface area contributed by atoms with Crippen molar-refractivity contribution in [3.8, 4) is 0 Å². The number of allylic oxidation sites excluding steroid dienone is 1. The highest BCUT2D eigenvalue weighted by Crippen LogP contribution is 2.30. The van der Waals surface area contributed by atoms with Crippen LogP contribution < -0.4 is 10.8 Å². The van der Waals surface area contributed by atoms with E-state index in [1.807, 2.05) is 43.3 Å². The lowest BCUT2D eigenvalue weighted by Gasteiger charge is -2.46. The van der Waals surface area contributed by atoms with E-state index in [2.05, 4.69) is 15.9 Å². The van der Waals surface area contributed by atoms with E-state index in [1.165, 1.54) is 11.2 Å². The summed E-state index contributed by atoms with van der Waals surface area (Å²) in [4.78, 5) is 43.2. The van der Waals surface area contributed by atoms with Crippen molar-refractivity contribution >= 4 is 23.9 Å². The van der Waals surface area contributed by atoms with Gasteiger partial charge in [-0.1, -0.05) is 48.5 Å². The summed E-state index contributed by atoms with van der Waals surface area (Å²) in [6, 6.07) is 16.6. The third-order valence-corrected chi connectivity index (χ3v) is 5.24. The highest BCUT2D eigenvalue weighted by atomic mass is 16.7. The van der Waals surface area contributed by atoms with E-state index in [9.17, 15) is 14.4 Å². The van der Waals surface area contributed by atoms with Gasteiger partial charge in [-0.05, 0) is 36.3 Å². The van der Waals surface area contributed by atoms with Crippen molar-refractivity contribution in [2.45, 2.75) is 31.5 Å². The summed E-state index contributed by atoms with van der Waals surface area (Å²) in [7, 11) is 0. The molecule has 1 fully saturated rings. The van der Waals surface area contributed by atoms with Crippen LogP contribution in [-0.2, 0) is 20.8 Å². The van der Waals surface area contributed by atoms with Gasteiger partial charge in [0, 0.05) is 11.8 Å². The second kappa shape index (κ2) is 8.93. The molecule has 158 valence electrons. The molecule has 0 aliphatic carbocycles. The molecule has 0 aromatic heterocycles. The number of rotatable bonds is 6. The number of fused-ring (bicyclic) bond motifs is 1. The second-order valence-electron chi connectivity index (χ2n) is 7.39. The van der Waals surface area contributed by atoms with Gasteiger partial charge in [0.15, 0.2) is 0 Å². The maximum Gasteiger partial charge on any atom is 0.274 e. The Morgan fingerprint density at radius 2 is 1.74 bits per heavy atom. The van der Waals surface area contributed by atoms with Crippen molar-refractivity contribution in [2.75, 3.05) is 0 Å². The monoisotopic (exact) mass is 418 g/mol. The van der Waals surface area contributed by atoms with Crippen LogP contribution >= 0.6 is 0 Å². The Kier molecular flexibility index (Phi) is 5.90. The molecule has 2 aliphatic heterocycles. The molecule has 4 rings (SSSR count). The van der Waals surface area contributed by atoms with E-state index in [0.717, 1.165) is 11.1 Å². The third-order valence-electron chi connectivity index (χ3n) is 5.24. The lowest BCUT2D eigenvalue weighted by molar-refractivity contribution is -0.163. The Balaban J connectivity index is 1.45. The molecule has 0 unspecified atom stereocenters. The maximum absolute atomic E-state index is 12.6. The number of β-lactam (4-membered cyclic amide) rings is 1. The summed E-state index contributed by atoms with van der Waals surface area (Å²) in [5, 5.41) is 8.20. The number of benzene rings is 2. The molecule has 2 aliphatic rings. The first kappa shape index (κ1) is 20.5. The second-order valence-corrected chi connectivity index (χ2v) is 7.39. The smallest absolute Gasteiger partial charge is 0.274 e. The molecule has 3 amide bonds. The first-order valence-corrected chi connectivity index (χ1v) is 9.93. The van der Waals surface area contributed by atoms with E-state index in [1.54, 1.807) is 30.3 Å². The minimum Gasteiger partial charge on any atom is -0.342 e. The standard InChI is InChI=1S/C23H22N4O4/c1-15-12-13-24-27-20(21(15)31-26-22(29)17-10-6-3-7-11-17)19(23(27)30)25-18(28)14-16-8-4-2-5-9-16/h2-13,19-21H,14H2,1H3,(H,25,28)(H,26,29)/t19-,20-,21+/m1/s1. The summed E-state index contributed by atoms with van der Waals surface area (Å²) in [5.41, 5.74) is 4.51. The Bertz CT molecular complexity index is 1040. The van der Waals surface area contributed by atoms with Gasteiger partial charge < -0.3 is 5.32 Å². The van der Waals surface area contributed by atoms with Crippen LogP contribution in [0.15, 0.2) is 77.4 Å². The molecule has 8 heteroatoms. The van der Waals surface area contributed by atoms with E-state index >= 15 is 0 Å². The van der Waals surface area contributed by atoms with Crippen molar-refractivity contribution in [1.29, 1.82) is 0 Å². The Labute approximate surface area is 179 Å². The number of carbonyl (C=O) groups is 3. The van der Waals surface area contributed by atoms with Crippen LogP contribution in [0.2, 0.25) is 0 Å².